The van der Waals surface area contributed by atoms with E-state index in [-0.39, 0.29) is 41.0 Å². The van der Waals surface area contributed by atoms with Crippen LogP contribution < -0.4 is 14.8 Å². The molecule has 0 saturated heterocycles. The van der Waals surface area contributed by atoms with Gasteiger partial charge in [-0.05, 0) is 19.1 Å². The van der Waals surface area contributed by atoms with E-state index in [1.807, 2.05) is 6.92 Å². The number of carboxylic acid groups (broad SMARTS) is 1. The van der Waals surface area contributed by atoms with Crippen LogP contribution >= 0.6 is 11.6 Å². The summed E-state index contributed by atoms with van der Waals surface area (Å²) in [6.07, 6.45) is 0.175. The molecule has 0 aliphatic carbocycles. The van der Waals surface area contributed by atoms with E-state index in [4.69, 9.17) is 26.2 Å². The largest absolute Gasteiger partial charge is 0.493 e. The SMILES string of the molecule is CCNC(=O)CCOc1c(Cl)cc(C(=O)O)cc1OC. The van der Waals surface area contributed by atoms with Crippen LogP contribution in [0, 0.1) is 0 Å². The van der Waals surface area contributed by atoms with Crippen molar-refractivity contribution in [2.24, 2.45) is 0 Å². The normalized spacial score (nSPS) is 9.95. The predicted molar refractivity (Wildman–Crippen MR) is 73.8 cm³/mol. The Morgan fingerprint density at radius 1 is 1.40 bits per heavy atom. The summed E-state index contributed by atoms with van der Waals surface area (Å²) in [5.74, 6) is -0.807. The second-order valence-corrected chi connectivity index (χ2v) is 4.25. The van der Waals surface area contributed by atoms with E-state index in [0.717, 1.165) is 0 Å². The van der Waals surface area contributed by atoms with Gasteiger partial charge in [-0.1, -0.05) is 11.6 Å². The Hall–Kier alpha value is -1.95. The molecule has 0 bridgehead atoms. The van der Waals surface area contributed by atoms with Crippen molar-refractivity contribution in [2.45, 2.75) is 13.3 Å². The van der Waals surface area contributed by atoms with Crippen molar-refractivity contribution in [1.82, 2.24) is 5.32 Å². The van der Waals surface area contributed by atoms with Crippen molar-refractivity contribution in [3.05, 3.63) is 22.7 Å². The molecule has 110 valence electrons. The van der Waals surface area contributed by atoms with Gasteiger partial charge < -0.3 is 19.9 Å². The van der Waals surface area contributed by atoms with Crippen molar-refractivity contribution < 1.29 is 24.2 Å². The third-order valence-electron chi connectivity index (χ3n) is 2.43. The molecule has 7 heteroatoms. The van der Waals surface area contributed by atoms with Gasteiger partial charge in [0.15, 0.2) is 11.5 Å². The fourth-order valence-corrected chi connectivity index (χ4v) is 1.78. The number of halogens is 1. The fraction of sp³-hybridized carbons (Fsp3) is 0.385. The topological polar surface area (TPSA) is 84.9 Å². The van der Waals surface area contributed by atoms with Crippen LogP contribution in [0.5, 0.6) is 11.5 Å². The Bertz CT molecular complexity index is 504. The monoisotopic (exact) mass is 301 g/mol. The number of rotatable bonds is 7. The Morgan fingerprint density at radius 2 is 2.10 bits per heavy atom. The number of aromatic carboxylic acids is 1. The van der Waals surface area contributed by atoms with E-state index in [2.05, 4.69) is 5.32 Å². The highest BCUT2D eigenvalue weighted by Gasteiger charge is 2.15. The van der Waals surface area contributed by atoms with E-state index >= 15 is 0 Å². The van der Waals surface area contributed by atoms with E-state index < -0.39 is 5.97 Å². The van der Waals surface area contributed by atoms with E-state index in [9.17, 15) is 9.59 Å². The third kappa shape index (κ3) is 4.31. The molecular formula is C13H16ClNO5. The number of carbonyl (C=O) groups excluding carboxylic acids is 1. The number of hydrogen-bond donors (Lipinski definition) is 2. The molecule has 1 rings (SSSR count). The Labute approximate surface area is 121 Å². The van der Waals surface area contributed by atoms with Gasteiger partial charge in [0.2, 0.25) is 5.91 Å². The molecule has 0 atom stereocenters. The van der Waals surface area contributed by atoms with Crippen LogP contribution in [0.25, 0.3) is 0 Å². The number of ether oxygens (including phenoxy) is 2. The Balaban J connectivity index is 2.79. The first kappa shape index (κ1) is 16.1. The number of benzene rings is 1. The van der Waals surface area contributed by atoms with Crippen LogP contribution in [0.2, 0.25) is 5.02 Å². The zero-order valence-corrected chi connectivity index (χ0v) is 12.0. The summed E-state index contributed by atoms with van der Waals surface area (Å²) in [7, 11) is 1.38. The van der Waals surface area contributed by atoms with Gasteiger partial charge >= 0.3 is 5.97 Å². The van der Waals surface area contributed by atoms with E-state index in [0.29, 0.717) is 6.54 Å². The van der Waals surface area contributed by atoms with Crippen LogP contribution in [0.4, 0.5) is 0 Å². The van der Waals surface area contributed by atoms with Gasteiger partial charge in [-0.3, -0.25) is 4.79 Å². The molecule has 0 unspecified atom stereocenters. The maximum atomic E-state index is 11.3. The van der Waals surface area contributed by atoms with Crippen LogP contribution in [0.15, 0.2) is 12.1 Å². The van der Waals surface area contributed by atoms with Crippen molar-refractivity contribution in [1.29, 1.82) is 0 Å². The highest BCUT2D eigenvalue weighted by molar-refractivity contribution is 6.32. The van der Waals surface area contributed by atoms with E-state index in [1.54, 1.807) is 0 Å². The average molecular weight is 302 g/mol. The predicted octanol–water partition coefficient (Wildman–Crippen LogP) is 1.95. The molecule has 0 aromatic heterocycles. The summed E-state index contributed by atoms with van der Waals surface area (Å²) >= 11 is 5.96. The zero-order valence-electron chi connectivity index (χ0n) is 11.2. The molecule has 20 heavy (non-hydrogen) atoms. The molecule has 2 N–H and O–H groups in total. The summed E-state index contributed by atoms with van der Waals surface area (Å²) in [5.41, 5.74) is 0.00271. The molecular weight excluding hydrogens is 286 g/mol. The quantitative estimate of drug-likeness (QED) is 0.804. The van der Waals surface area contributed by atoms with Crippen LogP contribution in [-0.2, 0) is 4.79 Å². The number of methoxy groups -OCH3 is 1. The molecule has 0 saturated carbocycles. The Morgan fingerprint density at radius 3 is 2.65 bits per heavy atom. The molecule has 0 fully saturated rings. The number of nitrogens with one attached hydrogen (secondary N) is 1. The van der Waals surface area contributed by atoms with Crippen molar-refractivity contribution in [2.75, 3.05) is 20.3 Å². The maximum absolute atomic E-state index is 11.3. The lowest BCUT2D eigenvalue weighted by atomic mass is 10.2. The smallest absolute Gasteiger partial charge is 0.335 e. The van der Waals surface area contributed by atoms with Gasteiger partial charge in [0.05, 0.1) is 30.7 Å². The number of hydrogen-bond acceptors (Lipinski definition) is 4. The van der Waals surface area contributed by atoms with Crippen LogP contribution in [0.1, 0.15) is 23.7 Å². The molecule has 1 amide bonds. The van der Waals surface area contributed by atoms with Crippen LogP contribution in [0.3, 0.4) is 0 Å². The first-order chi connectivity index (χ1) is 9.49. The third-order valence-corrected chi connectivity index (χ3v) is 2.71. The fourth-order valence-electron chi connectivity index (χ4n) is 1.51. The molecule has 6 nitrogen and oxygen atoms in total. The second-order valence-electron chi connectivity index (χ2n) is 3.85. The Kier molecular flexibility index (Phi) is 6.11. The summed E-state index contributed by atoms with van der Waals surface area (Å²) in [5, 5.41) is 11.7. The molecule has 0 aliphatic heterocycles. The molecule has 0 spiro atoms. The summed E-state index contributed by atoms with van der Waals surface area (Å²) in [6, 6.07) is 2.59. The minimum atomic E-state index is -1.11. The van der Waals surface area contributed by atoms with Gasteiger partial charge in [0, 0.05) is 6.54 Å². The lowest BCUT2D eigenvalue weighted by Gasteiger charge is -2.13. The van der Waals surface area contributed by atoms with Crippen molar-refractivity contribution in [3.8, 4) is 11.5 Å². The van der Waals surface area contributed by atoms with Gasteiger partial charge in [0.25, 0.3) is 0 Å². The van der Waals surface area contributed by atoms with Crippen molar-refractivity contribution >= 4 is 23.5 Å². The van der Waals surface area contributed by atoms with Gasteiger partial charge in [-0.15, -0.1) is 0 Å². The second kappa shape index (κ2) is 7.59. The molecule has 1 aromatic rings. The highest BCUT2D eigenvalue weighted by atomic mass is 35.5. The molecule has 1 aromatic carbocycles. The summed E-state index contributed by atoms with van der Waals surface area (Å²) in [4.78, 5) is 22.2. The highest BCUT2D eigenvalue weighted by Crippen LogP contribution is 2.36. The zero-order chi connectivity index (χ0) is 15.1. The first-order valence-corrected chi connectivity index (χ1v) is 6.37. The van der Waals surface area contributed by atoms with Gasteiger partial charge in [-0.25, -0.2) is 4.79 Å². The summed E-state index contributed by atoms with van der Waals surface area (Å²) < 4.78 is 10.4. The number of amides is 1. The number of carbonyl (C=O) groups is 2. The molecule has 0 radical (unpaired) electrons. The van der Waals surface area contributed by atoms with Gasteiger partial charge in [0.1, 0.15) is 0 Å². The maximum Gasteiger partial charge on any atom is 0.335 e. The van der Waals surface area contributed by atoms with Gasteiger partial charge in [-0.2, -0.15) is 0 Å². The average Bonchev–Trinajstić information content (AvgIpc) is 2.40. The minimum absolute atomic E-state index is 0.00271. The standard InChI is InChI=1S/C13H16ClNO5/c1-3-15-11(16)4-5-20-12-9(14)6-8(13(17)18)7-10(12)19-2/h6-7H,3-5H2,1-2H3,(H,15,16)(H,17,18). The number of carboxylic acids is 1. The first-order valence-electron chi connectivity index (χ1n) is 5.99. The van der Waals surface area contributed by atoms with Crippen molar-refractivity contribution in [3.63, 3.8) is 0 Å². The molecule has 0 heterocycles. The molecule has 0 aliphatic rings. The lowest BCUT2D eigenvalue weighted by molar-refractivity contribution is -0.121. The summed E-state index contributed by atoms with van der Waals surface area (Å²) in [6.45, 7) is 2.49. The lowest BCUT2D eigenvalue weighted by Crippen LogP contribution is -2.24. The van der Waals surface area contributed by atoms with Crippen LogP contribution in [-0.4, -0.2) is 37.2 Å². The minimum Gasteiger partial charge on any atom is -0.493 e. The van der Waals surface area contributed by atoms with E-state index in [1.165, 1.54) is 19.2 Å².